The number of hydrogen-bond donors (Lipinski definition) is 2. The van der Waals surface area contributed by atoms with Crippen molar-refractivity contribution in [3.05, 3.63) is 59.7 Å². The average Bonchev–Trinajstić information content (AvgIpc) is 3.39. The highest BCUT2D eigenvalue weighted by Crippen LogP contribution is 2.30. The largest absolute Gasteiger partial charge is 0.312 e. The molecular formula is C20H19N5O4S2. The van der Waals surface area contributed by atoms with Gasteiger partial charge in [-0.2, -0.15) is 8.42 Å². The maximum Gasteiger partial charge on any atom is 0.291 e. The smallest absolute Gasteiger partial charge is 0.291 e. The Morgan fingerprint density at radius 1 is 1.13 bits per heavy atom. The van der Waals surface area contributed by atoms with Crippen molar-refractivity contribution in [1.82, 2.24) is 10.2 Å². The molecule has 2 heterocycles. The second kappa shape index (κ2) is 8.44. The van der Waals surface area contributed by atoms with Crippen molar-refractivity contribution in [2.24, 2.45) is 0 Å². The zero-order valence-corrected chi connectivity index (χ0v) is 18.2. The number of hydrogen-bond acceptors (Lipinski definition) is 7. The zero-order chi connectivity index (χ0) is 22.0. The molecule has 0 aliphatic carbocycles. The molecule has 0 radical (unpaired) electrons. The number of nitrogens with zero attached hydrogens (tertiary/aromatic N) is 3. The molecular weight excluding hydrogens is 438 g/mol. The monoisotopic (exact) mass is 457 g/mol. The lowest BCUT2D eigenvalue weighted by atomic mass is 10.1. The van der Waals surface area contributed by atoms with Crippen molar-refractivity contribution in [2.45, 2.75) is 24.1 Å². The van der Waals surface area contributed by atoms with Crippen molar-refractivity contribution in [1.29, 1.82) is 0 Å². The summed E-state index contributed by atoms with van der Waals surface area (Å²) < 4.78 is 27.7. The first-order valence-electron chi connectivity index (χ1n) is 9.47. The van der Waals surface area contributed by atoms with E-state index in [1.807, 2.05) is 6.92 Å². The molecule has 4 rings (SSSR count). The standard InChI is InChI=1S/C20H19N5O4S2/c1-13-9-10-15(12-16(13)25-11-5-8-17(25)26)24-31(28,29)20-23-22-19(30-20)21-18(27)14-6-3-2-4-7-14/h2-4,6-7,9-10,12,24H,5,8,11H2,1H3,(H,21,22,27). The van der Waals surface area contributed by atoms with E-state index in [4.69, 9.17) is 0 Å². The molecule has 1 aliphatic heterocycles. The fraction of sp³-hybridized carbons (Fsp3) is 0.200. The summed E-state index contributed by atoms with van der Waals surface area (Å²) in [4.78, 5) is 26.0. The van der Waals surface area contributed by atoms with Crippen LogP contribution in [0.5, 0.6) is 0 Å². The van der Waals surface area contributed by atoms with Gasteiger partial charge in [-0.15, -0.1) is 10.2 Å². The lowest BCUT2D eigenvalue weighted by Crippen LogP contribution is -2.24. The van der Waals surface area contributed by atoms with Gasteiger partial charge in [0, 0.05) is 24.2 Å². The average molecular weight is 458 g/mol. The second-order valence-corrected chi connectivity index (χ2v) is 9.78. The third-order valence-electron chi connectivity index (χ3n) is 4.72. The molecule has 0 spiro atoms. The van der Waals surface area contributed by atoms with Gasteiger partial charge in [0.2, 0.25) is 11.0 Å². The molecule has 0 atom stereocenters. The number of rotatable bonds is 6. The Morgan fingerprint density at radius 2 is 1.90 bits per heavy atom. The van der Waals surface area contributed by atoms with E-state index in [9.17, 15) is 18.0 Å². The normalized spacial score (nSPS) is 14.0. The fourth-order valence-electron chi connectivity index (χ4n) is 3.19. The summed E-state index contributed by atoms with van der Waals surface area (Å²) in [5.41, 5.74) is 2.28. The van der Waals surface area contributed by atoms with E-state index >= 15 is 0 Å². The number of carbonyl (C=O) groups is 2. The molecule has 2 aromatic carbocycles. The van der Waals surface area contributed by atoms with Gasteiger partial charge in [-0.3, -0.25) is 19.6 Å². The van der Waals surface area contributed by atoms with Gasteiger partial charge in [-0.05, 0) is 43.2 Å². The van der Waals surface area contributed by atoms with Crippen LogP contribution in [-0.2, 0) is 14.8 Å². The zero-order valence-electron chi connectivity index (χ0n) is 16.5. The number of aryl methyl sites for hydroxylation is 1. The predicted molar refractivity (Wildman–Crippen MR) is 118 cm³/mol. The molecule has 1 aliphatic rings. The van der Waals surface area contributed by atoms with Crippen LogP contribution in [0, 0.1) is 6.92 Å². The molecule has 1 aromatic heterocycles. The highest BCUT2D eigenvalue weighted by Gasteiger charge is 2.25. The SMILES string of the molecule is Cc1ccc(NS(=O)(=O)c2nnc(NC(=O)c3ccccc3)s2)cc1N1CCCC1=O. The topological polar surface area (TPSA) is 121 Å². The Balaban J connectivity index is 1.51. The van der Waals surface area contributed by atoms with Crippen LogP contribution in [0.4, 0.5) is 16.5 Å². The van der Waals surface area contributed by atoms with E-state index in [1.165, 1.54) is 0 Å². The van der Waals surface area contributed by atoms with Crippen LogP contribution >= 0.6 is 11.3 Å². The summed E-state index contributed by atoms with van der Waals surface area (Å²) in [6, 6.07) is 13.5. The summed E-state index contributed by atoms with van der Waals surface area (Å²) in [5.74, 6) is -0.391. The molecule has 2 amide bonds. The molecule has 160 valence electrons. The van der Waals surface area contributed by atoms with Gasteiger partial charge in [0.15, 0.2) is 0 Å². The summed E-state index contributed by atoms with van der Waals surface area (Å²) in [5, 5.41) is 10.1. The van der Waals surface area contributed by atoms with Gasteiger partial charge in [0.1, 0.15) is 0 Å². The van der Waals surface area contributed by atoms with Crippen LogP contribution in [0.15, 0.2) is 52.9 Å². The minimum absolute atomic E-state index is 0.0195. The van der Waals surface area contributed by atoms with Crippen LogP contribution in [0.2, 0.25) is 0 Å². The van der Waals surface area contributed by atoms with Gasteiger partial charge in [0.25, 0.3) is 20.3 Å². The summed E-state index contributed by atoms with van der Waals surface area (Å²) in [7, 11) is -4.02. The molecule has 31 heavy (non-hydrogen) atoms. The Morgan fingerprint density at radius 3 is 2.61 bits per heavy atom. The van der Waals surface area contributed by atoms with Crippen molar-refractivity contribution in [3.8, 4) is 0 Å². The van der Waals surface area contributed by atoms with Crippen LogP contribution in [0.1, 0.15) is 28.8 Å². The van der Waals surface area contributed by atoms with Crippen molar-refractivity contribution in [3.63, 3.8) is 0 Å². The van der Waals surface area contributed by atoms with Crippen molar-refractivity contribution in [2.75, 3.05) is 21.5 Å². The maximum atomic E-state index is 12.8. The first-order valence-corrected chi connectivity index (χ1v) is 11.8. The fourth-order valence-corrected chi connectivity index (χ4v) is 5.14. The predicted octanol–water partition coefficient (Wildman–Crippen LogP) is 3.03. The third-order valence-corrected chi connectivity index (χ3v) is 7.31. The van der Waals surface area contributed by atoms with Crippen LogP contribution in [0.3, 0.4) is 0 Å². The maximum absolute atomic E-state index is 12.8. The van der Waals surface area contributed by atoms with Crippen LogP contribution in [0.25, 0.3) is 0 Å². The van der Waals surface area contributed by atoms with Crippen LogP contribution < -0.4 is 14.9 Å². The number of sulfonamides is 1. The summed E-state index contributed by atoms with van der Waals surface area (Å²) >= 11 is 0.746. The van der Waals surface area contributed by atoms with E-state index in [0.717, 1.165) is 23.3 Å². The van der Waals surface area contributed by atoms with Gasteiger partial charge in [-0.1, -0.05) is 35.6 Å². The van der Waals surface area contributed by atoms with Gasteiger partial charge >= 0.3 is 0 Å². The second-order valence-electron chi connectivity index (χ2n) is 6.95. The number of nitrogens with one attached hydrogen (secondary N) is 2. The first-order chi connectivity index (χ1) is 14.8. The van der Waals surface area contributed by atoms with E-state index in [2.05, 4.69) is 20.2 Å². The highest BCUT2D eigenvalue weighted by molar-refractivity contribution is 7.94. The van der Waals surface area contributed by atoms with Gasteiger partial charge in [-0.25, -0.2) is 0 Å². The first kappa shape index (κ1) is 20.9. The molecule has 1 saturated heterocycles. The number of aromatic nitrogens is 2. The molecule has 3 aromatic rings. The van der Waals surface area contributed by atoms with Gasteiger partial charge in [0.05, 0.1) is 5.69 Å². The highest BCUT2D eigenvalue weighted by atomic mass is 32.2. The molecule has 0 unspecified atom stereocenters. The molecule has 0 saturated carbocycles. The van der Waals surface area contributed by atoms with E-state index in [0.29, 0.717) is 29.9 Å². The van der Waals surface area contributed by atoms with E-state index < -0.39 is 15.9 Å². The number of carbonyl (C=O) groups excluding carboxylic acids is 2. The lowest BCUT2D eigenvalue weighted by Gasteiger charge is -2.19. The minimum atomic E-state index is -4.02. The Labute approximate surface area is 183 Å². The quantitative estimate of drug-likeness (QED) is 0.549. The molecule has 9 nitrogen and oxygen atoms in total. The van der Waals surface area contributed by atoms with E-state index in [1.54, 1.807) is 53.4 Å². The molecule has 11 heteroatoms. The number of amides is 2. The Kier molecular flexibility index (Phi) is 5.70. The van der Waals surface area contributed by atoms with Crippen molar-refractivity contribution >= 4 is 49.7 Å². The summed E-state index contributed by atoms with van der Waals surface area (Å²) in [6.45, 7) is 2.47. The lowest BCUT2D eigenvalue weighted by molar-refractivity contribution is -0.117. The van der Waals surface area contributed by atoms with E-state index in [-0.39, 0.29) is 15.4 Å². The molecule has 0 bridgehead atoms. The molecule has 1 fully saturated rings. The Bertz CT molecular complexity index is 1240. The van der Waals surface area contributed by atoms with Crippen molar-refractivity contribution < 1.29 is 18.0 Å². The third kappa shape index (κ3) is 4.57. The summed E-state index contributed by atoms with van der Waals surface area (Å²) in [6.07, 6.45) is 1.26. The Hall–Kier alpha value is -3.31. The van der Waals surface area contributed by atoms with Crippen LogP contribution in [-0.4, -0.2) is 37.0 Å². The number of benzene rings is 2. The molecule has 2 N–H and O–H groups in total. The minimum Gasteiger partial charge on any atom is -0.312 e. The number of anilines is 3. The van der Waals surface area contributed by atoms with Gasteiger partial charge < -0.3 is 4.90 Å².